The van der Waals surface area contributed by atoms with Crippen molar-refractivity contribution in [3.63, 3.8) is 0 Å². The van der Waals surface area contributed by atoms with E-state index in [0.717, 1.165) is 0 Å². The lowest BCUT2D eigenvalue weighted by molar-refractivity contribution is -0.139. The van der Waals surface area contributed by atoms with Crippen LogP contribution in [0.2, 0.25) is 0 Å². The zero-order valence-electron chi connectivity index (χ0n) is 8.76. The van der Waals surface area contributed by atoms with Crippen molar-refractivity contribution in [3.8, 4) is 0 Å². The number of methoxy groups -OCH3 is 1. The number of nitrogens with zero attached hydrogens (tertiary/aromatic N) is 1. The number of ether oxygens (including phenoxy) is 1. The van der Waals surface area contributed by atoms with E-state index in [1.165, 1.54) is 20.2 Å². The summed E-state index contributed by atoms with van der Waals surface area (Å²) in [6, 6.07) is 0. The molecule has 6 heteroatoms. The van der Waals surface area contributed by atoms with E-state index >= 15 is 0 Å². The average Bonchev–Trinajstić information content (AvgIpc) is 2.21. The highest BCUT2D eigenvalue weighted by atomic mass is 127. The van der Waals surface area contributed by atoms with Gasteiger partial charge in [-0.15, -0.1) is 0 Å². The second kappa shape index (κ2) is 5.51. The Morgan fingerprint density at radius 2 is 2.25 bits per heavy atom. The van der Waals surface area contributed by atoms with Crippen molar-refractivity contribution in [3.05, 3.63) is 26.6 Å². The standard InChI is InChI=1S/C10H10F2INO2/c1-5-7(3-8(15)16-2)14-4-6(13)9(5)10(11)12/h4,10H,3H2,1-2H3. The number of carbonyl (C=O) groups is 1. The summed E-state index contributed by atoms with van der Waals surface area (Å²) in [7, 11) is 1.25. The van der Waals surface area contributed by atoms with E-state index in [1.807, 2.05) is 0 Å². The van der Waals surface area contributed by atoms with Crippen molar-refractivity contribution in [2.24, 2.45) is 0 Å². The van der Waals surface area contributed by atoms with Crippen LogP contribution in [0.4, 0.5) is 8.78 Å². The van der Waals surface area contributed by atoms with Gasteiger partial charge in [-0.2, -0.15) is 0 Å². The Morgan fingerprint density at radius 1 is 1.62 bits per heavy atom. The Morgan fingerprint density at radius 3 is 2.75 bits per heavy atom. The molecule has 3 nitrogen and oxygen atoms in total. The van der Waals surface area contributed by atoms with Crippen LogP contribution in [0.5, 0.6) is 0 Å². The minimum Gasteiger partial charge on any atom is -0.469 e. The Bertz CT molecular complexity index is 410. The molecule has 0 amide bonds. The van der Waals surface area contributed by atoms with Crippen molar-refractivity contribution < 1.29 is 18.3 Å². The number of hydrogen-bond acceptors (Lipinski definition) is 3. The second-order valence-electron chi connectivity index (χ2n) is 3.15. The fourth-order valence-corrected chi connectivity index (χ4v) is 2.07. The first kappa shape index (κ1) is 13.3. The van der Waals surface area contributed by atoms with Crippen LogP contribution >= 0.6 is 22.6 Å². The second-order valence-corrected chi connectivity index (χ2v) is 4.31. The van der Waals surface area contributed by atoms with Gasteiger partial charge in [0.05, 0.1) is 19.2 Å². The average molecular weight is 341 g/mol. The molecule has 0 aromatic carbocycles. The molecule has 0 aliphatic carbocycles. The zero-order valence-corrected chi connectivity index (χ0v) is 10.9. The van der Waals surface area contributed by atoms with Crippen molar-refractivity contribution in [2.45, 2.75) is 19.8 Å². The minimum absolute atomic E-state index is 0.0606. The lowest BCUT2D eigenvalue weighted by atomic mass is 10.1. The number of carbonyl (C=O) groups excluding carboxylic acids is 1. The van der Waals surface area contributed by atoms with Gasteiger partial charge in [-0.3, -0.25) is 9.78 Å². The molecular formula is C10H10F2INO2. The third-order valence-electron chi connectivity index (χ3n) is 2.19. The van der Waals surface area contributed by atoms with E-state index in [2.05, 4.69) is 9.72 Å². The van der Waals surface area contributed by atoms with Gasteiger partial charge in [-0.05, 0) is 35.1 Å². The smallest absolute Gasteiger partial charge is 0.311 e. The fraction of sp³-hybridized carbons (Fsp3) is 0.400. The maximum Gasteiger partial charge on any atom is 0.311 e. The van der Waals surface area contributed by atoms with Crippen LogP contribution in [0.1, 0.15) is 23.2 Å². The largest absolute Gasteiger partial charge is 0.469 e. The van der Waals surface area contributed by atoms with E-state index in [4.69, 9.17) is 0 Å². The van der Waals surface area contributed by atoms with Crippen LogP contribution in [-0.4, -0.2) is 18.1 Å². The van der Waals surface area contributed by atoms with E-state index in [-0.39, 0.29) is 12.0 Å². The van der Waals surface area contributed by atoms with Crippen molar-refractivity contribution in [1.82, 2.24) is 4.98 Å². The highest BCUT2D eigenvalue weighted by Crippen LogP contribution is 2.28. The van der Waals surface area contributed by atoms with Gasteiger partial charge in [-0.1, -0.05) is 0 Å². The predicted octanol–water partition coefficient (Wildman–Crippen LogP) is 2.65. The van der Waals surface area contributed by atoms with Gasteiger partial charge in [-0.25, -0.2) is 8.78 Å². The minimum atomic E-state index is -2.56. The molecular weight excluding hydrogens is 331 g/mol. The van der Waals surface area contributed by atoms with Gasteiger partial charge in [0.2, 0.25) is 0 Å². The molecule has 0 spiro atoms. The highest BCUT2D eigenvalue weighted by Gasteiger charge is 2.19. The molecule has 16 heavy (non-hydrogen) atoms. The zero-order chi connectivity index (χ0) is 12.3. The van der Waals surface area contributed by atoms with Crippen LogP contribution < -0.4 is 0 Å². The van der Waals surface area contributed by atoms with Crippen molar-refractivity contribution >= 4 is 28.6 Å². The summed E-state index contributed by atoms with van der Waals surface area (Å²) in [6.45, 7) is 1.54. The molecule has 1 rings (SSSR count). The van der Waals surface area contributed by atoms with Crippen LogP contribution in [0.25, 0.3) is 0 Å². The van der Waals surface area contributed by atoms with E-state index < -0.39 is 12.4 Å². The number of alkyl halides is 2. The molecule has 88 valence electrons. The maximum absolute atomic E-state index is 12.7. The van der Waals surface area contributed by atoms with Gasteiger partial charge in [0, 0.05) is 15.3 Å². The van der Waals surface area contributed by atoms with E-state index in [9.17, 15) is 13.6 Å². The Labute approximate surface area is 105 Å². The third kappa shape index (κ3) is 2.87. The van der Waals surface area contributed by atoms with Crippen molar-refractivity contribution in [1.29, 1.82) is 0 Å². The van der Waals surface area contributed by atoms with Crippen LogP contribution in [-0.2, 0) is 16.0 Å². The lowest BCUT2D eigenvalue weighted by Gasteiger charge is -2.11. The first-order valence-electron chi connectivity index (χ1n) is 4.46. The molecule has 0 bridgehead atoms. The fourth-order valence-electron chi connectivity index (χ4n) is 1.29. The Balaban J connectivity index is 3.13. The van der Waals surface area contributed by atoms with Crippen LogP contribution in [0.3, 0.4) is 0 Å². The van der Waals surface area contributed by atoms with Gasteiger partial charge in [0.15, 0.2) is 0 Å². The summed E-state index contributed by atoms with van der Waals surface area (Å²) < 4.78 is 30.4. The summed E-state index contributed by atoms with van der Waals surface area (Å²) in [5.41, 5.74) is 0.629. The number of pyridine rings is 1. The lowest BCUT2D eigenvalue weighted by Crippen LogP contribution is -2.10. The summed E-state index contributed by atoms with van der Waals surface area (Å²) in [5.74, 6) is -0.489. The molecule has 0 aliphatic rings. The monoisotopic (exact) mass is 341 g/mol. The molecule has 1 aromatic rings. The highest BCUT2D eigenvalue weighted by molar-refractivity contribution is 14.1. The summed E-state index contributed by atoms with van der Waals surface area (Å²) >= 11 is 1.80. The number of halogens is 3. The molecule has 0 fully saturated rings. The number of hydrogen-bond donors (Lipinski definition) is 0. The molecule has 0 saturated heterocycles. The topological polar surface area (TPSA) is 39.2 Å². The first-order chi connectivity index (χ1) is 7.47. The SMILES string of the molecule is COC(=O)Cc1ncc(I)c(C(F)F)c1C. The summed E-state index contributed by atoms with van der Waals surface area (Å²) in [6.07, 6.45) is -1.31. The van der Waals surface area contributed by atoms with Gasteiger partial charge < -0.3 is 4.74 Å². The van der Waals surface area contributed by atoms with Gasteiger partial charge in [0.25, 0.3) is 6.43 Å². The molecule has 0 saturated carbocycles. The number of esters is 1. The Hall–Kier alpha value is -0.790. The molecule has 0 unspecified atom stereocenters. The van der Waals surface area contributed by atoms with Gasteiger partial charge >= 0.3 is 5.97 Å². The summed E-state index contributed by atoms with van der Waals surface area (Å²) in [4.78, 5) is 15.0. The molecule has 0 atom stereocenters. The molecule has 1 aromatic heterocycles. The number of rotatable bonds is 3. The number of aromatic nitrogens is 1. The maximum atomic E-state index is 12.7. The van der Waals surface area contributed by atoms with Crippen LogP contribution in [0.15, 0.2) is 6.20 Å². The first-order valence-corrected chi connectivity index (χ1v) is 5.54. The van der Waals surface area contributed by atoms with Crippen molar-refractivity contribution in [2.75, 3.05) is 7.11 Å². The molecule has 0 aliphatic heterocycles. The Kier molecular flexibility index (Phi) is 4.57. The van der Waals surface area contributed by atoms with E-state index in [1.54, 1.807) is 22.6 Å². The molecule has 0 N–H and O–H groups in total. The van der Waals surface area contributed by atoms with Crippen LogP contribution in [0, 0.1) is 10.5 Å². The van der Waals surface area contributed by atoms with Gasteiger partial charge in [0.1, 0.15) is 0 Å². The quantitative estimate of drug-likeness (QED) is 0.627. The molecule has 1 heterocycles. The third-order valence-corrected chi connectivity index (χ3v) is 3.05. The molecule has 0 radical (unpaired) electrons. The predicted molar refractivity (Wildman–Crippen MR) is 62.4 cm³/mol. The van der Waals surface area contributed by atoms with E-state index in [0.29, 0.717) is 14.8 Å². The normalized spacial score (nSPS) is 10.6. The summed E-state index contributed by atoms with van der Waals surface area (Å²) in [5, 5.41) is 0.